The number of nitrogens with zero attached hydrogens (tertiary/aromatic N) is 1. The molecule has 1 saturated heterocycles. The molecule has 19 heavy (non-hydrogen) atoms. The van der Waals surface area contributed by atoms with Gasteiger partial charge in [0, 0.05) is 40.6 Å². The summed E-state index contributed by atoms with van der Waals surface area (Å²) in [5.74, 6) is -0.384. The molecule has 0 radical (unpaired) electrons. The van der Waals surface area contributed by atoms with Crippen LogP contribution in [0, 0.1) is 5.92 Å². The van der Waals surface area contributed by atoms with E-state index in [2.05, 4.69) is 15.9 Å². The quantitative estimate of drug-likeness (QED) is 0.769. The van der Waals surface area contributed by atoms with Crippen LogP contribution in [0.3, 0.4) is 0 Å². The highest BCUT2D eigenvalue weighted by molar-refractivity contribution is 9.10. The number of rotatable bonds is 4. The number of carbonyl (C=O) groups excluding carboxylic acids is 1. The van der Waals surface area contributed by atoms with Gasteiger partial charge in [-0.15, -0.1) is 0 Å². The van der Waals surface area contributed by atoms with Crippen molar-refractivity contribution in [2.45, 2.75) is 13.0 Å². The molecule has 1 fully saturated rings. The Morgan fingerprint density at radius 1 is 1.37 bits per heavy atom. The summed E-state index contributed by atoms with van der Waals surface area (Å²) in [4.78, 5) is 13.5. The van der Waals surface area contributed by atoms with Crippen molar-refractivity contribution in [3.8, 4) is 0 Å². The number of halogens is 2. The molecule has 0 bridgehead atoms. The lowest BCUT2D eigenvalue weighted by molar-refractivity contribution is -0.128. The fourth-order valence-electron chi connectivity index (χ4n) is 2.23. The molecule has 1 amide bonds. The first-order valence-corrected chi connectivity index (χ1v) is 9.06. The predicted octanol–water partition coefficient (Wildman–Crippen LogP) is 2.37. The molecule has 0 aromatic heterocycles. The van der Waals surface area contributed by atoms with Crippen LogP contribution in [-0.4, -0.2) is 31.5 Å². The third-order valence-electron chi connectivity index (χ3n) is 3.05. The minimum Gasteiger partial charge on any atom is -0.338 e. The summed E-state index contributed by atoms with van der Waals surface area (Å²) in [5, 5.41) is 0. The summed E-state index contributed by atoms with van der Waals surface area (Å²) in [6, 6.07) is 7.66. The van der Waals surface area contributed by atoms with E-state index in [4.69, 9.17) is 10.7 Å². The monoisotopic (exact) mass is 365 g/mol. The fraction of sp³-hybridized carbons (Fsp3) is 0.417. The van der Waals surface area contributed by atoms with E-state index in [1.54, 1.807) is 4.90 Å². The molecule has 4 nitrogen and oxygen atoms in total. The second kappa shape index (κ2) is 5.81. The zero-order valence-corrected chi connectivity index (χ0v) is 13.2. The standard InChI is InChI=1S/C12H13BrClNO3S/c13-11-4-2-1-3-10(11)7-15-6-9(5-12(15)16)8-19(14,17)18/h1-4,9H,5-8H2. The maximum absolute atomic E-state index is 11.9. The van der Waals surface area contributed by atoms with Crippen LogP contribution in [0.2, 0.25) is 0 Å². The Morgan fingerprint density at radius 3 is 2.68 bits per heavy atom. The van der Waals surface area contributed by atoms with Gasteiger partial charge >= 0.3 is 0 Å². The topological polar surface area (TPSA) is 54.5 Å². The summed E-state index contributed by atoms with van der Waals surface area (Å²) >= 11 is 3.43. The Kier molecular flexibility index (Phi) is 4.53. The van der Waals surface area contributed by atoms with E-state index in [1.807, 2.05) is 24.3 Å². The average Bonchev–Trinajstić information content (AvgIpc) is 2.60. The minimum atomic E-state index is -3.55. The first-order valence-electron chi connectivity index (χ1n) is 5.78. The van der Waals surface area contributed by atoms with Crippen molar-refractivity contribution in [1.29, 1.82) is 0 Å². The van der Waals surface area contributed by atoms with Gasteiger partial charge in [-0.05, 0) is 11.6 Å². The van der Waals surface area contributed by atoms with Gasteiger partial charge in [-0.3, -0.25) is 4.79 Å². The predicted molar refractivity (Wildman–Crippen MR) is 77.3 cm³/mol. The van der Waals surface area contributed by atoms with Crippen LogP contribution >= 0.6 is 26.6 Å². The average molecular weight is 367 g/mol. The van der Waals surface area contributed by atoms with Gasteiger partial charge in [-0.25, -0.2) is 8.42 Å². The van der Waals surface area contributed by atoms with E-state index < -0.39 is 9.05 Å². The first kappa shape index (κ1) is 14.8. The second-order valence-electron chi connectivity index (χ2n) is 4.64. The van der Waals surface area contributed by atoms with Crippen LogP contribution in [0.5, 0.6) is 0 Å². The SMILES string of the molecule is O=C1CC(CS(=O)(=O)Cl)CN1Cc1ccccc1Br. The van der Waals surface area contributed by atoms with E-state index in [9.17, 15) is 13.2 Å². The summed E-state index contributed by atoms with van der Waals surface area (Å²) in [6.07, 6.45) is 0.246. The highest BCUT2D eigenvalue weighted by Gasteiger charge is 2.32. The highest BCUT2D eigenvalue weighted by atomic mass is 79.9. The lowest BCUT2D eigenvalue weighted by Crippen LogP contribution is -2.25. The van der Waals surface area contributed by atoms with Crippen LogP contribution in [-0.2, 0) is 20.4 Å². The molecule has 1 aromatic carbocycles. The molecule has 0 spiro atoms. The minimum absolute atomic E-state index is 0.0268. The van der Waals surface area contributed by atoms with Gasteiger partial charge in [0.2, 0.25) is 15.0 Å². The van der Waals surface area contributed by atoms with E-state index in [-0.39, 0.29) is 24.0 Å². The molecule has 1 aliphatic rings. The molecular weight excluding hydrogens is 354 g/mol. The van der Waals surface area contributed by atoms with Gasteiger partial charge in [0.25, 0.3) is 0 Å². The smallest absolute Gasteiger partial charge is 0.232 e. The molecule has 1 aliphatic heterocycles. The Bertz CT molecular complexity index is 590. The lowest BCUT2D eigenvalue weighted by Gasteiger charge is -2.17. The van der Waals surface area contributed by atoms with Gasteiger partial charge in [0.15, 0.2) is 0 Å². The van der Waals surface area contributed by atoms with Crippen LogP contribution in [0.15, 0.2) is 28.7 Å². The van der Waals surface area contributed by atoms with Crippen LogP contribution in [0.4, 0.5) is 0 Å². The number of hydrogen-bond acceptors (Lipinski definition) is 3. The normalized spacial score (nSPS) is 20.0. The van der Waals surface area contributed by atoms with Crippen molar-refractivity contribution < 1.29 is 13.2 Å². The fourth-order valence-corrected chi connectivity index (χ4v) is 3.96. The molecule has 0 aliphatic carbocycles. The maximum atomic E-state index is 11.9. The number of amides is 1. The van der Waals surface area contributed by atoms with Crippen molar-refractivity contribution >= 4 is 41.6 Å². The van der Waals surface area contributed by atoms with Crippen LogP contribution < -0.4 is 0 Å². The van der Waals surface area contributed by atoms with Gasteiger partial charge in [-0.1, -0.05) is 34.1 Å². The maximum Gasteiger partial charge on any atom is 0.232 e. The molecule has 1 atom stereocenters. The molecule has 1 unspecified atom stereocenters. The van der Waals surface area contributed by atoms with Gasteiger partial charge in [0.1, 0.15) is 0 Å². The van der Waals surface area contributed by atoms with Crippen LogP contribution in [0.25, 0.3) is 0 Å². The Hall–Kier alpha value is -0.590. The van der Waals surface area contributed by atoms with E-state index >= 15 is 0 Å². The number of hydrogen-bond donors (Lipinski definition) is 0. The van der Waals surface area contributed by atoms with Crippen molar-refractivity contribution in [2.24, 2.45) is 5.92 Å². The van der Waals surface area contributed by atoms with E-state index in [0.717, 1.165) is 10.0 Å². The van der Waals surface area contributed by atoms with Crippen molar-refractivity contribution in [3.63, 3.8) is 0 Å². The Balaban J connectivity index is 2.03. The third kappa shape index (κ3) is 4.19. The lowest BCUT2D eigenvalue weighted by atomic mass is 10.1. The second-order valence-corrected chi connectivity index (χ2v) is 8.32. The number of likely N-dealkylation sites (tertiary alicyclic amines) is 1. The molecule has 2 rings (SSSR count). The number of carbonyl (C=O) groups is 1. The van der Waals surface area contributed by atoms with Crippen molar-refractivity contribution in [3.05, 3.63) is 34.3 Å². The largest absolute Gasteiger partial charge is 0.338 e. The number of benzene rings is 1. The van der Waals surface area contributed by atoms with Crippen LogP contribution in [0.1, 0.15) is 12.0 Å². The summed E-state index contributed by atoms with van der Waals surface area (Å²) in [7, 11) is 1.68. The molecule has 0 saturated carbocycles. The Morgan fingerprint density at radius 2 is 2.05 bits per heavy atom. The molecule has 1 aromatic rings. The Labute approximate surface area is 125 Å². The van der Waals surface area contributed by atoms with E-state index in [1.165, 1.54) is 0 Å². The van der Waals surface area contributed by atoms with Gasteiger partial charge in [0.05, 0.1) is 5.75 Å². The molecular formula is C12H13BrClNO3S. The van der Waals surface area contributed by atoms with Crippen molar-refractivity contribution in [1.82, 2.24) is 4.90 Å². The summed E-state index contributed by atoms with van der Waals surface area (Å²) in [6.45, 7) is 0.922. The van der Waals surface area contributed by atoms with Gasteiger partial charge < -0.3 is 4.90 Å². The summed E-state index contributed by atoms with van der Waals surface area (Å²) in [5.41, 5.74) is 1.00. The zero-order chi connectivity index (χ0) is 14.0. The highest BCUT2D eigenvalue weighted by Crippen LogP contribution is 2.25. The van der Waals surface area contributed by atoms with Crippen molar-refractivity contribution in [2.75, 3.05) is 12.3 Å². The molecule has 7 heteroatoms. The molecule has 0 N–H and O–H groups in total. The third-order valence-corrected chi connectivity index (χ3v) is 5.07. The van der Waals surface area contributed by atoms with Gasteiger partial charge in [-0.2, -0.15) is 0 Å². The molecule has 1 heterocycles. The first-order chi connectivity index (χ1) is 8.85. The van der Waals surface area contributed by atoms with E-state index in [0.29, 0.717) is 13.1 Å². The molecule has 104 valence electrons. The zero-order valence-electron chi connectivity index (χ0n) is 10.1. The summed E-state index contributed by atoms with van der Waals surface area (Å²) < 4.78 is 23.0.